The first-order valence-electron chi connectivity index (χ1n) is 15.2. The number of nitrogen functional groups attached to an aromatic ring is 1. The predicted molar refractivity (Wildman–Crippen MR) is 177 cm³/mol. The lowest BCUT2D eigenvalue weighted by atomic mass is 10.1. The molecule has 4 N–H and O–H groups in total. The zero-order chi connectivity index (χ0) is 32.6. The number of aromatic nitrogens is 4. The third-order valence-electron chi connectivity index (χ3n) is 8.76. The molecule has 0 aliphatic carbocycles. The van der Waals surface area contributed by atoms with Crippen LogP contribution in [0.15, 0.2) is 6.20 Å². The number of aromatic amines is 1. The number of aryl methyl sites for hydroxylation is 2. The molecule has 45 heavy (non-hydrogen) atoms. The highest BCUT2D eigenvalue weighted by molar-refractivity contribution is 6.41. The van der Waals surface area contributed by atoms with Crippen molar-refractivity contribution in [2.24, 2.45) is 0 Å². The molecule has 1 fully saturated rings. The summed E-state index contributed by atoms with van der Waals surface area (Å²) in [6, 6.07) is 0.548. The number of amides is 2. The number of anilines is 2. The zero-order valence-corrected chi connectivity index (χ0v) is 27.8. The highest BCUT2D eigenvalue weighted by atomic mass is 35.5. The van der Waals surface area contributed by atoms with E-state index in [2.05, 4.69) is 48.9 Å². The molecule has 0 atom stereocenters. The van der Waals surface area contributed by atoms with Crippen LogP contribution >= 0.6 is 11.6 Å². The van der Waals surface area contributed by atoms with Gasteiger partial charge < -0.3 is 20.8 Å². The molecular formula is C32H42ClN9O3. The van der Waals surface area contributed by atoms with Crippen LogP contribution in [0.2, 0.25) is 5.15 Å². The van der Waals surface area contributed by atoms with E-state index in [9.17, 15) is 9.59 Å². The summed E-state index contributed by atoms with van der Waals surface area (Å²) in [5, 5.41) is 3.15. The van der Waals surface area contributed by atoms with Crippen molar-refractivity contribution in [1.29, 1.82) is 0 Å². The number of ether oxygens (including phenoxy) is 1. The SMILES string of the molecule is COc1c(C)cnc(CN2C(=O)/C(=C\c3[nH]c(C)c(C(=O)NCCN4CCN(C(C)C)CC4)c3C)c3c(Cl)nc(N)nc32)c1C. The maximum absolute atomic E-state index is 14.0. The number of nitrogens with two attached hydrogens (primary N) is 1. The van der Waals surface area contributed by atoms with E-state index in [1.165, 1.54) is 4.90 Å². The first-order valence-corrected chi connectivity index (χ1v) is 15.6. The zero-order valence-electron chi connectivity index (χ0n) is 27.0. The Morgan fingerprint density at radius 1 is 1.16 bits per heavy atom. The fraction of sp³-hybridized carbons (Fsp3) is 0.469. The van der Waals surface area contributed by atoms with Gasteiger partial charge in [-0.1, -0.05) is 11.6 Å². The number of methoxy groups -OCH3 is 1. The molecule has 3 aromatic heterocycles. The Hall–Kier alpha value is -4.00. The maximum atomic E-state index is 14.0. The number of pyridine rings is 1. The second-order valence-corrected chi connectivity index (χ2v) is 12.3. The van der Waals surface area contributed by atoms with Crippen LogP contribution in [-0.4, -0.2) is 94.0 Å². The van der Waals surface area contributed by atoms with Gasteiger partial charge in [-0.25, -0.2) is 4.98 Å². The normalized spacial score (nSPS) is 16.6. The van der Waals surface area contributed by atoms with E-state index in [1.54, 1.807) is 19.4 Å². The summed E-state index contributed by atoms with van der Waals surface area (Å²) < 4.78 is 5.57. The number of piperazine rings is 1. The molecule has 0 radical (unpaired) electrons. The molecule has 240 valence electrons. The van der Waals surface area contributed by atoms with Crippen molar-refractivity contribution in [3.05, 3.63) is 56.2 Å². The topological polar surface area (TPSA) is 146 Å². The number of hydrogen-bond acceptors (Lipinski definition) is 9. The fourth-order valence-corrected chi connectivity index (χ4v) is 6.47. The van der Waals surface area contributed by atoms with Crippen LogP contribution < -0.4 is 20.7 Å². The van der Waals surface area contributed by atoms with Crippen molar-refractivity contribution in [2.45, 2.75) is 54.1 Å². The van der Waals surface area contributed by atoms with Crippen LogP contribution in [0.4, 0.5) is 11.8 Å². The average molecular weight is 636 g/mol. The summed E-state index contributed by atoms with van der Waals surface area (Å²) in [7, 11) is 1.61. The summed E-state index contributed by atoms with van der Waals surface area (Å²) in [4.78, 5) is 50.0. The van der Waals surface area contributed by atoms with Gasteiger partial charge in [0.15, 0.2) is 5.82 Å². The number of fused-ring (bicyclic) bond motifs is 1. The van der Waals surface area contributed by atoms with Gasteiger partial charge in [0.25, 0.3) is 11.8 Å². The lowest BCUT2D eigenvalue weighted by Gasteiger charge is -2.36. The van der Waals surface area contributed by atoms with E-state index in [0.29, 0.717) is 57.9 Å². The van der Waals surface area contributed by atoms with E-state index >= 15 is 0 Å². The number of nitrogens with zero attached hydrogens (tertiary/aromatic N) is 6. The van der Waals surface area contributed by atoms with Gasteiger partial charge >= 0.3 is 0 Å². The minimum Gasteiger partial charge on any atom is -0.496 e. The molecular weight excluding hydrogens is 594 g/mol. The quantitative estimate of drug-likeness (QED) is 0.237. The number of rotatable bonds is 9. The molecule has 0 bridgehead atoms. The number of nitrogens with one attached hydrogen (secondary N) is 2. The Kier molecular flexibility index (Phi) is 9.47. The number of carbonyl (C=O) groups excluding carboxylic acids is 2. The first-order chi connectivity index (χ1) is 21.4. The lowest BCUT2D eigenvalue weighted by Crippen LogP contribution is -2.50. The number of H-pyrrole nitrogens is 1. The van der Waals surface area contributed by atoms with Crippen LogP contribution in [0.1, 0.15) is 63.5 Å². The third-order valence-corrected chi connectivity index (χ3v) is 9.04. The van der Waals surface area contributed by atoms with E-state index < -0.39 is 0 Å². The van der Waals surface area contributed by atoms with Crippen LogP contribution in [0, 0.1) is 27.7 Å². The molecule has 2 amide bonds. The smallest absolute Gasteiger partial charge is 0.260 e. The van der Waals surface area contributed by atoms with Crippen molar-refractivity contribution in [1.82, 2.24) is 35.1 Å². The standard InChI is InChI=1S/C32H42ClN9O3/c1-17(2)41-12-10-40(11-13-41)9-8-35-30(43)25-19(4)23(37-21(25)6)14-22-26-28(33)38-32(34)39-29(26)42(31(22)44)16-24-20(5)27(45-7)18(3)15-36-24/h14-15,17,37H,8-13,16H2,1-7H3,(H,35,43)(H2,34,38,39)/b22-14-. The monoisotopic (exact) mass is 635 g/mol. The van der Waals surface area contributed by atoms with E-state index in [1.807, 2.05) is 27.7 Å². The van der Waals surface area contributed by atoms with Gasteiger partial charge in [-0.15, -0.1) is 0 Å². The maximum Gasteiger partial charge on any atom is 0.260 e. The van der Waals surface area contributed by atoms with Gasteiger partial charge in [-0.3, -0.25) is 29.3 Å². The highest BCUT2D eigenvalue weighted by Crippen LogP contribution is 2.42. The molecule has 13 heteroatoms. The Labute approximate surface area is 269 Å². The number of hydrogen-bond donors (Lipinski definition) is 3. The molecule has 0 spiro atoms. The molecule has 0 saturated carbocycles. The predicted octanol–water partition coefficient (Wildman–Crippen LogP) is 3.52. The van der Waals surface area contributed by atoms with Crippen molar-refractivity contribution in [2.75, 3.05) is 57.0 Å². The third kappa shape index (κ3) is 6.40. The van der Waals surface area contributed by atoms with Crippen molar-refractivity contribution in [3.63, 3.8) is 0 Å². The summed E-state index contributed by atoms with van der Waals surface area (Å²) in [6.45, 7) is 17.5. The number of carbonyl (C=O) groups is 2. The summed E-state index contributed by atoms with van der Waals surface area (Å²) in [5.74, 6) is 0.479. The minimum atomic E-state index is -0.331. The van der Waals surface area contributed by atoms with E-state index in [4.69, 9.17) is 22.1 Å². The van der Waals surface area contributed by atoms with Crippen LogP contribution in [-0.2, 0) is 11.3 Å². The minimum absolute atomic E-state index is 0.0448. The molecule has 5 heterocycles. The molecule has 5 rings (SSSR count). The van der Waals surface area contributed by atoms with Gasteiger partial charge in [0.2, 0.25) is 5.95 Å². The van der Waals surface area contributed by atoms with Gasteiger partial charge in [-0.2, -0.15) is 4.98 Å². The summed E-state index contributed by atoms with van der Waals surface area (Å²) in [6.07, 6.45) is 3.42. The molecule has 0 aromatic carbocycles. The molecule has 2 aliphatic rings. The second kappa shape index (κ2) is 13.2. The van der Waals surface area contributed by atoms with Gasteiger partial charge in [0.05, 0.1) is 36.0 Å². The largest absolute Gasteiger partial charge is 0.496 e. The fourth-order valence-electron chi connectivity index (χ4n) is 6.20. The van der Waals surface area contributed by atoms with Crippen molar-refractivity contribution >= 4 is 46.8 Å². The Morgan fingerprint density at radius 2 is 1.87 bits per heavy atom. The molecule has 2 aliphatic heterocycles. The van der Waals surface area contributed by atoms with E-state index in [0.717, 1.165) is 49.4 Å². The average Bonchev–Trinajstić information content (AvgIpc) is 3.41. The Balaban J connectivity index is 1.38. The van der Waals surface area contributed by atoms with Gasteiger partial charge in [0.1, 0.15) is 10.9 Å². The lowest BCUT2D eigenvalue weighted by molar-refractivity contribution is -0.113. The highest BCUT2D eigenvalue weighted by Gasteiger charge is 2.38. The summed E-state index contributed by atoms with van der Waals surface area (Å²) in [5.41, 5.74) is 11.6. The van der Waals surface area contributed by atoms with Crippen LogP contribution in [0.25, 0.3) is 11.6 Å². The summed E-state index contributed by atoms with van der Waals surface area (Å²) >= 11 is 6.57. The van der Waals surface area contributed by atoms with E-state index in [-0.39, 0.29) is 29.5 Å². The Morgan fingerprint density at radius 3 is 2.53 bits per heavy atom. The molecule has 0 unspecified atom stereocenters. The molecule has 1 saturated heterocycles. The second-order valence-electron chi connectivity index (χ2n) is 12.0. The number of halogens is 1. The van der Waals surface area contributed by atoms with Crippen molar-refractivity contribution in [3.8, 4) is 5.75 Å². The molecule has 3 aromatic rings. The first kappa shape index (κ1) is 32.4. The molecule has 12 nitrogen and oxygen atoms in total. The van der Waals surface area contributed by atoms with Crippen LogP contribution in [0.3, 0.4) is 0 Å². The van der Waals surface area contributed by atoms with Crippen LogP contribution in [0.5, 0.6) is 5.75 Å². The van der Waals surface area contributed by atoms with Crippen molar-refractivity contribution < 1.29 is 14.3 Å². The van der Waals surface area contributed by atoms with Gasteiger partial charge in [-0.05, 0) is 53.2 Å². The Bertz CT molecular complexity index is 1660. The van der Waals surface area contributed by atoms with Gasteiger partial charge in [0, 0.05) is 74.0 Å².